The first-order valence-corrected chi connectivity index (χ1v) is 5.52. The maximum absolute atomic E-state index is 5.93. The van der Waals surface area contributed by atoms with E-state index < -0.39 is 0 Å². The third-order valence-electron chi connectivity index (χ3n) is 1.94. The summed E-state index contributed by atoms with van der Waals surface area (Å²) in [6.07, 6.45) is 0. The van der Waals surface area contributed by atoms with E-state index >= 15 is 0 Å². The Balaban J connectivity index is 2.51. The first kappa shape index (κ1) is 9.56. The number of hydrogen-bond acceptors (Lipinski definition) is 2. The van der Waals surface area contributed by atoms with Crippen LogP contribution in [0.2, 0.25) is 5.02 Å². The number of nitrogens with two attached hydrogens (primary N) is 1. The first-order valence-electron chi connectivity index (χ1n) is 4.27. The van der Waals surface area contributed by atoms with Gasteiger partial charge in [-0.15, -0.1) is 11.3 Å². The number of hydrogen-bond donors (Lipinski definition) is 1. The molecule has 0 fully saturated rings. The summed E-state index contributed by atoms with van der Waals surface area (Å²) in [5, 5.41) is 2.80. The molecule has 2 rings (SSSR count). The number of anilines is 1. The van der Waals surface area contributed by atoms with E-state index in [1.807, 2.05) is 12.1 Å². The highest BCUT2D eigenvalue weighted by Crippen LogP contribution is 2.30. The summed E-state index contributed by atoms with van der Waals surface area (Å²) < 4.78 is 0. The van der Waals surface area contributed by atoms with Gasteiger partial charge in [0.1, 0.15) is 0 Å². The van der Waals surface area contributed by atoms with Crippen molar-refractivity contribution in [1.82, 2.24) is 0 Å². The zero-order valence-corrected chi connectivity index (χ0v) is 9.32. The molecule has 1 aromatic carbocycles. The molecule has 0 saturated carbocycles. The van der Waals surface area contributed by atoms with Crippen LogP contribution in [0.15, 0.2) is 29.6 Å². The van der Waals surface area contributed by atoms with Gasteiger partial charge in [0.25, 0.3) is 0 Å². The summed E-state index contributed by atoms with van der Waals surface area (Å²) in [5.74, 6) is 0. The van der Waals surface area contributed by atoms with Crippen LogP contribution in [0, 0.1) is 6.92 Å². The third-order valence-corrected chi connectivity index (χ3v) is 3.25. The third kappa shape index (κ3) is 1.91. The van der Waals surface area contributed by atoms with Crippen LogP contribution in [-0.2, 0) is 0 Å². The Labute approximate surface area is 92.1 Å². The molecule has 0 radical (unpaired) electrons. The van der Waals surface area contributed by atoms with Gasteiger partial charge in [-0.2, -0.15) is 0 Å². The molecule has 0 spiro atoms. The summed E-state index contributed by atoms with van der Waals surface area (Å²) in [5.41, 5.74) is 8.79. The minimum Gasteiger partial charge on any atom is -0.399 e. The fraction of sp³-hybridized carbons (Fsp3) is 0.0909. The van der Waals surface area contributed by atoms with Crippen molar-refractivity contribution >= 4 is 28.6 Å². The Morgan fingerprint density at radius 3 is 2.57 bits per heavy atom. The molecular formula is C11H10ClNS. The van der Waals surface area contributed by atoms with E-state index in [4.69, 9.17) is 17.3 Å². The monoisotopic (exact) mass is 223 g/mol. The second kappa shape index (κ2) is 3.64. The normalized spacial score (nSPS) is 10.4. The summed E-state index contributed by atoms with van der Waals surface area (Å²) in [4.78, 5) is 1.21. The minimum atomic E-state index is 0.686. The lowest BCUT2D eigenvalue weighted by Crippen LogP contribution is -1.84. The maximum Gasteiger partial charge on any atom is 0.0432 e. The molecule has 1 aromatic heterocycles. The van der Waals surface area contributed by atoms with Crippen molar-refractivity contribution in [2.75, 3.05) is 5.73 Å². The van der Waals surface area contributed by atoms with Gasteiger partial charge in [0.05, 0.1) is 0 Å². The van der Waals surface area contributed by atoms with E-state index in [1.165, 1.54) is 10.4 Å². The van der Waals surface area contributed by atoms with Gasteiger partial charge >= 0.3 is 0 Å². The van der Waals surface area contributed by atoms with Crippen LogP contribution in [0.25, 0.3) is 10.4 Å². The average Bonchev–Trinajstić information content (AvgIpc) is 2.50. The van der Waals surface area contributed by atoms with E-state index in [2.05, 4.69) is 18.4 Å². The fourth-order valence-corrected chi connectivity index (χ4v) is 2.47. The van der Waals surface area contributed by atoms with E-state index in [0.29, 0.717) is 10.7 Å². The lowest BCUT2D eigenvalue weighted by Gasteiger charge is -2.00. The van der Waals surface area contributed by atoms with Crippen LogP contribution in [0.3, 0.4) is 0 Å². The van der Waals surface area contributed by atoms with Crippen LogP contribution in [0.5, 0.6) is 0 Å². The molecule has 3 heteroatoms. The van der Waals surface area contributed by atoms with Crippen molar-refractivity contribution in [3.63, 3.8) is 0 Å². The standard InChI is InChI=1S/C11H10ClNS/c1-7-2-11(14-6-7)8-3-9(12)5-10(13)4-8/h2-6H,13H2,1H3. The highest BCUT2D eigenvalue weighted by molar-refractivity contribution is 7.13. The van der Waals surface area contributed by atoms with Gasteiger partial charge in [-0.25, -0.2) is 0 Å². The molecule has 0 atom stereocenters. The van der Waals surface area contributed by atoms with E-state index in [1.54, 1.807) is 17.4 Å². The summed E-state index contributed by atoms with van der Waals surface area (Å²) in [6.45, 7) is 2.08. The molecule has 14 heavy (non-hydrogen) atoms. The van der Waals surface area contributed by atoms with Crippen molar-refractivity contribution in [3.8, 4) is 10.4 Å². The summed E-state index contributed by atoms with van der Waals surface area (Å²) in [7, 11) is 0. The predicted octanol–water partition coefficient (Wildman–Crippen LogP) is 3.96. The zero-order valence-electron chi connectivity index (χ0n) is 7.75. The van der Waals surface area contributed by atoms with Crippen LogP contribution in [0.1, 0.15) is 5.56 Å². The van der Waals surface area contributed by atoms with Crippen molar-refractivity contribution in [2.45, 2.75) is 6.92 Å². The number of aryl methyl sites for hydroxylation is 1. The molecule has 1 nitrogen and oxygen atoms in total. The molecule has 0 aliphatic rings. The molecule has 2 N–H and O–H groups in total. The zero-order chi connectivity index (χ0) is 10.1. The molecule has 0 bridgehead atoms. The second-order valence-electron chi connectivity index (χ2n) is 3.26. The van der Waals surface area contributed by atoms with Gasteiger partial charge in [-0.1, -0.05) is 11.6 Å². The van der Waals surface area contributed by atoms with Gasteiger partial charge in [0.2, 0.25) is 0 Å². The molecule has 0 unspecified atom stereocenters. The second-order valence-corrected chi connectivity index (χ2v) is 4.61. The Morgan fingerprint density at radius 1 is 1.21 bits per heavy atom. The molecule has 0 amide bonds. The van der Waals surface area contributed by atoms with Gasteiger partial charge < -0.3 is 5.73 Å². The summed E-state index contributed by atoms with van der Waals surface area (Å²) >= 11 is 7.64. The Bertz CT molecular complexity index is 442. The van der Waals surface area contributed by atoms with E-state index in [-0.39, 0.29) is 0 Å². The molecule has 0 aliphatic heterocycles. The average molecular weight is 224 g/mol. The van der Waals surface area contributed by atoms with E-state index in [0.717, 1.165) is 5.56 Å². The van der Waals surface area contributed by atoms with Crippen molar-refractivity contribution in [1.29, 1.82) is 0 Å². The minimum absolute atomic E-state index is 0.686. The number of benzene rings is 1. The van der Waals surface area contributed by atoms with Gasteiger partial charge in [-0.05, 0) is 47.7 Å². The van der Waals surface area contributed by atoms with Crippen molar-refractivity contribution in [2.24, 2.45) is 0 Å². The Kier molecular flexibility index (Phi) is 2.48. The summed E-state index contributed by atoms with van der Waals surface area (Å²) in [6, 6.07) is 7.77. The lowest BCUT2D eigenvalue weighted by molar-refractivity contribution is 1.55. The fourth-order valence-electron chi connectivity index (χ4n) is 1.34. The predicted molar refractivity (Wildman–Crippen MR) is 63.9 cm³/mol. The molecule has 1 heterocycles. The lowest BCUT2D eigenvalue weighted by atomic mass is 10.1. The topological polar surface area (TPSA) is 26.0 Å². The van der Waals surface area contributed by atoms with Gasteiger partial charge in [0, 0.05) is 15.6 Å². The largest absolute Gasteiger partial charge is 0.399 e. The van der Waals surface area contributed by atoms with Gasteiger partial charge in [-0.3, -0.25) is 0 Å². The van der Waals surface area contributed by atoms with Gasteiger partial charge in [0.15, 0.2) is 0 Å². The maximum atomic E-state index is 5.93. The van der Waals surface area contributed by atoms with Crippen molar-refractivity contribution < 1.29 is 0 Å². The number of thiophene rings is 1. The smallest absolute Gasteiger partial charge is 0.0432 e. The van der Waals surface area contributed by atoms with Crippen LogP contribution in [0.4, 0.5) is 5.69 Å². The van der Waals surface area contributed by atoms with Crippen LogP contribution >= 0.6 is 22.9 Å². The number of nitrogen functional groups attached to an aromatic ring is 1. The molecule has 72 valence electrons. The van der Waals surface area contributed by atoms with Crippen LogP contribution < -0.4 is 5.73 Å². The highest BCUT2D eigenvalue weighted by atomic mass is 35.5. The first-order chi connectivity index (χ1) is 6.65. The molecule has 0 saturated heterocycles. The Morgan fingerprint density at radius 2 is 2.00 bits per heavy atom. The quantitative estimate of drug-likeness (QED) is 0.728. The highest BCUT2D eigenvalue weighted by Gasteiger charge is 2.02. The molecule has 2 aromatic rings. The van der Waals surface area contributed by atoms with E-state index in [9.17, 15) is 0 Å². The SMILES string of the molecule is Cc1csc(-c2cc(N)cc(Cl)c2)c1. The Hall–Kier alpha value is -0.990. The van der Waals surface area contributed by atoms with Crippen molar-refractivity contribution in [3.05, 3.63) is 40.2 Å². The molecular weight excluding hydrogens is 214 g/mol. The number of rotatable bonds is 1. The van der Waals surface area contributed by atoms with Crippen LogP contribution in [-0.4, -0.2) is 0 Å². The number of halogens is 1. The molecule has 0 aliphatic carbocycles.